The molecule has 8 heteroatoms. The molecule has 5 nitrogen and oxygen atoms in total. The normalized spacial score (nSPS) is 12.0. The fourth-order valence-corrected chi connectivity index (χ4v) is 2.31. The molecule has 0 heterocycles. The van der Waals surface area contributed by atoms with Crippen molar-refractivity contribution in [2.24, 2.45) is 0 Å². The quantitative estimate of drug-likeness (QED) is 0.695. The van der Waals surface area contributed by atoms with Crippen LogP contribution in [0.15, 0.2) is 54.6 Å². The SMILES string of the molecule is CC(NC(=O)/C=C/c1ccccc1)C(=O)Nc1ccc(OC(F)F)c(Cl)c1. The van der Waals surface area contributed by atoms with Gasteiger partial charge in [-0.25, -0.2) is 0 Å². The van der Waals surface area contributed by atoms with Crippen molar-refractivity contribution >= 4 is 35.2 Å². The summed E-state index contributed by atoms with van der Waals surface area (Å²) in [5, 5.41) is 4.99. The molecule has 1 atom stereocenters. The number of amides is 2. The molecule has 2 aromatic carbocycles. The first kappa shape index (κ1) is 20.4. The van der Waals surface area contributed by atoms with E-state index in [1.54, 1.807) is 6.08 Å². The minimum Gasteiger partial charge on any atom is -0.433 e. The Balaban J connectivity index is 1.90. The van der Waals surface area contributed by atoms with E-state index in [1.807, 2.05) is 30.3 Å². The van der Waals surface area contributed by atoms with E-state index in [0.717, 1.165) is 5.56 Å². The second-order valence-electron chi connectivity index (χ2n) is 5.49. The van der Waals surface area contributed by atoms with E-state index in [9.17, 15) is 18.4 Å². The molecular formula is C19H17ClF2N2O3. The first-order valence-electron chi connectivity index (χ1n) is 7.94. The monoisotopic (exact) mass is 394 g/mol. The molecule has 142 valence electrons. The Kier molecular flexibility index (Phi) is 7.31. The summed E-state index contributed by atoms with van der Waals surface area (Å²) in [6, 6.07) is 12.3. The van der Waals surface area contributed by atoms with Crippen LogP contribution >= 0.6 is 11.6 Å². The highest BCUT2D eigenvalue weighted by Gasteiger charge is 2.16. The van der Waals surface area contributed by atoms with Gasteiger partial charge in [-0.1, -0.05) is 41.9 Å². The van der Waals surface area contributed by atoms with Gasteiger partial charge in [-0.15, -0.1) is 0 Å². The van der Waals surface area contributed by atoms with E-state index in [0.29, 0.717) is 0 Å². The van der Waals surface area contributed by atoms with Gasteiger partial charge in [0.05, 0.1) is 5.02 Å². The van der Waals surface area contributed by atoms with Gasteiger partial charge in [0, 0.05) is 11.8 Å². The topological polar surface area (TPSA) is 67.4 Å². The van der Waals surface area contributed by atoms with Gasteiger partial charge in [0.2, 0.25) is 11.8 Å². The number of carbonyl (C=O) groups is 2. The fourth-order valence-electron chi connectivity index (χ4n) is 2.08. The second-order valence-corrected chi connectivity index (χ2v) is 5.89. The Hall–Kier alpha value is -2.93. The van der Waals surface area contributed by atoms with E-state index in [4.69, 9.17) is 11.6 Å². The zero-order valence-corrected chi connectivity index (χ0v) is 15.0. The van der Waals surface area contributed by atoms with E-state index < -0.39 is 24.5 Å². The molecule has 0 fully saturated rings. The largest absolute Gasteiger partial charge is 0.433 e. The number of hydrogen-bond acceptors (Lipinski definition) is 3. The minimum absolute atomic E-state index is 0.0735. The van der Waals surface area contributed by atoms with Crippen LogP contribution in [-0.2, 0) is 9.59 Å². The third kappa shape index (κ3) is 6.71. The molecule has 2 amide bonds. The van der Waals surface area contributed by atoms with Crippen molar-refractivity contribution in [1.82, 2.24) is 5.32 Å². The van der Waals surface area contributed by atoms with E-state index in [-0.39, 0.29) is 16.5 Å². The van der Waals surface area contributed by atoms with E-state index in [2.05, 4.69) is 15.4 Å². The van der Waals surface area contributed by atoms with Gasteiger partial charge < -0.3 is 15.4 Å². The summed E-state index contributed by atoms with van der Waals surface area (Å²) in [5.74, 6) is -1.12. The molecule has 2 aromatic rings. The first-order chi connectivity index (χ1) is 12.8. The average Bonchev–Trinajstić information content (AvgIpc) is 2.62. The molecule has 0 spiro atoms. The number of anilines is 1. The standard InChI is InChI=1S/C19H17ClF2N2O3/c1-12(23-17(25)10-7-13-5-3-2-4-6-13)18(26)24-14-8-9-16(15(20)11-14)27-19(21)22/h2-12,19H,1H3,(H,23,25)(H,24,26)/b10-7+. The van der Waals surface area contributed by atoms with Crippen LogP contribution in [0.5, 0.6) is 5.75 Å². The summed E-state index contributed by atoms with van der Waals surface area (Å²) in [7, 11) is 0. The molecular weight excluding hydrogens is 378 g/mol. The third-order valence-corrected chi connectivity index (χ3v) is 3.69. The second kappa shape index (κ2) is 9.68. The van der Waals surface area contributed by atoms with Crippen molar-refractivity contribution in [3.63, 3.8) is 0 Å². The number of carbonyl (C=O) groups excluding carboxylic acids is 2. The Labute approximate surface area is 160 Å². The van der Waals surface area contributed by atoms with Crippen LogP contribution < -0.4 is 15.4 Å². The lowest BCUT2D eigenvalue weighted by Gasteiger charge is -2.14. The van der Waals surface area contributed by atoms with Crippen molar-refractivity contribution < 1.29 is 23.1 Å². The van der Waals surface area contributed by atoms with Gasteiger partial charge in [-0.3, -0.25) is 9.59 Å². The summed E-state index contributed by atoms with van der Waals surface area (Å²) < 4.78 is 28.7. The number of ether oxygens (including phenoxy) is 1. The van der Waals surface area contributed by atoms with Crippen molar-refractivity contribution in [3.8, 4) is 5.75 Å². The highest BCUT2D eigenvalue weighted by molar-refractivity contribution is 6.32. The number of halogens is 3. The molecule has 0 saturated heterocycles. The zero-order valence-electron chi connectivity index (χ0n) is 14.3. The summed E-state index contributed by atoms with van der Waals surface area (Å²) in [4.78, 5) is 24.1. The smallest absolute Gasteiger partial charge is 0.387 e. The van der Waals surface area contributed by atoms with Gasteiger partial charge >= 0.3 is 6.61 Å². The molecule has 1 unspecified atom stereocenters. The molecule has 27 heavy (non-hydrogen) atoms. The molecule has 0 aliphatic rings. The average molecular weight is 395 g/mol. The summed E-state index contributed by atoms with van der Waals surface area (Å²) in [6.07, 6.45) is 2.95. The summed E-state index contributed by atoms with van der Waals surface area (Å²) >= 11 is 5.83. The number of alkyl halides is 2. The highest BCUT2D eigenvalue weighted by Crippen LogP contribution is 2.28. The van der Waals surface area contributed by atoms with Crippen LogP contribution in [-0.4, -0.2) is 24.5 Å². The van der Waals surface area contributed by atoms with Gasteiger partial charge in [0.1, 0.15) is 11.8 Å². The van der Waals surface area contributed by atoms with E-state index >= 15 is 0 Å². The maximum Gasteiger partial charge on any atom is 0.387 e. The Bertz CT molecular complexity index is 829. The van der Waals surface area contributed by atoms with Crippen LogP contribution in [0, 0.1) is 0 Å². The van der Waals surface area contributed by atoms with Gasteiger partial charge in [-0.05, 0) is 36.8 Å². The van der Waals surface area contributed by atoms with Crippen LogP contribution in [0.25, 0.3) is 6.08 Å². The number of rotatable bonds is 7. The third-order valence-electron chi connectivity index (χ3n) is 3.39. The lowest BCUT2D eigenvalue weighted by molar-refractivity contribution is -0.123. The molecule has 2 N–H and O–H groups in total. The lowest BCUT2D eigenvalue weighted by Crippen LogP contribution is -2.40. The molecule has 0 aromatic heterocycles. The molecule has 0 bridgehead atoms. The van der Waals surface area contributed by atoms with Crippen molar-refractivity contribution in [3.05, 3.63) is 65.2 Å². The lowest BCUT2D eigenvalue weighted by atomic mass is 10.2. The van der Waals surface area contributed by atoms with Gasteiger partial charge in [0.25, 0.3) is 0 Å². The molecule has 0 aliphatic heterocycles. The van der Waals surface area contributed by atoms with E-state index in [1.165, 1.54) is 31.2 Å². The zero-order chi connectivity index (χ0) is 19.8. The van der Waals surface area contributed by atoms with Crippen molar-refractivity contribution in [1.29, 1.82) is 0 Å². The molecule has 0 saturated carbocycles. The molecule has 2 rings (SSSR count). The predicted octanol–water partition coefficient (Wildman–Crippen LogP) is 4.10. The Morgan fingerprint density at radius 2 is 1.85 bits per heavy atom. The maximum atomic E-state index is 12.2. The minimum atomic E-state index is -3.00. The van der Waals surface area contributed by atoms with Gasteiger partial charge in [-0.2, -0.15) is 8.78 Å². The fraction of sp³-hybridized carbons (Fsp3) is 0.158. The Morgan fingerprint density at radius 1 is 1.15 bits per heavy atom. The van der Waals surface area contributed by atoms with Crippen LogP contribution in [0.1, 0.15) is 12.5 Å². The number of hydrogen-bond donors (Lipinski definition) is 2. The highest BCUT2D eigenvalue weighted by atomic mass is 35.5. The van der Waals surface area contributed by atoms with Crippen LogP contribution in [0.2, 0.25) is 5.02 Å². The summed E-state index contributed by atoms with van der Waals surface area (Å²) in [6.45, 7) is -1.48. The van der Waals surface area contributed by atoms with Gasteiger partial charge in [0.15, 0.2) is 0 Å². The van der Waals surface area contributed by atoms with Crippen molar-refractivity contribution in [2.75, 3.05) is 5.32 Å². The Morgan fingerprint density at radius 3 is 2.48 bits per heavy atom. The summed E-state index contributed by atoms with van der Waals surface area (Å²) in [5.41, 5.74) is 1.14. The maximum absolute atomic E-state index is 12.2. The number of nitrogens with one attached hydrogen (secondary N) is 2. The van der Waals surface area contributed by atoms with Crippen LogP contribution in [0.3, 0.4) is 0 Å². The number of benzene rings is 2. The predicted molar refractivity (Wildman–Crippen MR) is 99.8 cm³/mol. The van der Waals surface area contributed by atoms with Crippen LogP contribution in [0.4, 0.5) is 14.5 Å². The molecule has 0 radical (unpaired) electrons. The van der Waals surface area contributed by atoms with Crippen molar-refractivity contribution in [2.45, 2.75) is 19.6 Å². The first-order valence-corrected chi connectivity index (χ1v) is 8.32. The molecule has 0 aliphatic carbocycles.